The zero-order valence-corrected chi connectivity index (χ0v) is 12.1. The van der Waals surface area contributed by atoms with Crippen molar-refractivity contribution in [2.45, 2.75) is 6.04 Å². The summed E-state index contributed by atoms with van der Waals surface area (Å²) < 4.78 is 0. The van der Waals surface area contributed by atoms with Gasteiger partial charge in [-0.3, -0.25) is 4.79 Å². The second kappa shape index (κ2) is 6.41. The van der Waals surface area contributed by atoms with Crippen molar-refractivity contribution in [1.29, 1.82) is 0 Å². The topological polar surface area (TPSA) is 49.3 Å². The van der Waals surface area contributed by atoms with E-state index in [2.05, 4.69) is 5.32 Å². The number of benzene rings is 3. The van der Waals surface area contributed by atoms with Crippen molar-refractivity contribution in [2.75, 3.05) is 6.61 Å². The van der Waals surface area contributed by atoms with Crippen molar-refractivity contribution in [3.05, 3.63) is 83.9 Å². The average molecular weight is 291 g/mol. The van der Waals surface area contributed by atoms with E-state index in [9.17, 15) is 9.90 Å². The summed E-state index contributed by atoms with van der Waals surface area (Å²) in [5, 5.41) is 14.4. The first-order valence-corrected chi connectivity index (χ1v) is 7.24. The molecule has 22 heavy (non-hydrogen) atoms. The monoisotopic (exact) mass is 291 g/mol. The third-order valence-corrected chi connectivity index (χ3v) is 3.72. The highest BCUT2D eigenvalue weighted by Gasteiger charge is 2.16. The van der Waals surface area contributed by atoms with Crippen molar-refractivity contribution in [2.24, 2.45) is 0 Å². The molecule has 3 nitrogen and oxygen atoms in total. The number of hydrogen-bond donors (Lipinski definition) is 2. The van der Waals surface area contributed by atoms with Gasteiger partial charge in [0.2, 0.25) is 0 Å². The molecule has 0 fully saturated rings. The van der Waals surface area contributed by atoms with E-state index in [0.717, 1.165) is 16.3 Å². The first-order valence-electron chi connectivity index (χ1n) is 7.24. The van der Waals surface area contributed by atoms with Crippen LogP contribution >= 0.6 is 0 Å². The Labute approximate surface area is 129 Å². The van der Waals surface area contributed by atoms with Crippen LogP contribution in [-0.4, -0.2) is 17.6 Å². The minimum atomic E-state index is -0.410. The van der Waals surface area contributed by atoms with Crippen LogP contribution in [0.2, 0.25) is 0 Å². The molecule has 0 saturated carbocycles. The van der Waals surface area contributed by atoms with E-state index in [4.69, 9.17) is 0 Å². The smallest absolute Gasteiger partial charge is 0.252 e. The van der Waals surface area contributed by atoms with Gasteiger partial charge in [-0.1, -0.05) is 66.7 Å². The Hall–Kier alpha value is -2.65. The van der Waals surface area contributed by atoms with Crippen LogP contribution in [0.25, 0.3) is 10.8 Å². The van der Waals surface area contributed by atoms with E-state index in [1.807, 2.05) is 66.7 Å². The zero-order valence-electron chi connectivity index (χ0n) is 12.1. The normalized spacial score (nSPS) is 12.0. The second-order valence-corrected chi connectivity index (χ2v) is 5.15. The quantitative estimate of drug-likeness (QED) is 0.775. The molecule has 1 amide bonds. The lowest BCUT2D eigenvalue weighted by atomic mass is 10.0. The molecule has 3 aromatic carbocycles. The van der Waals surface area contributed by atoms with Crippen LogP contribution in [0.4, 0.5) is 0 Å². The van der Waals surface area contributed by atoms with Gasteiger partial charge in [-0.15, -0.1) is 0 Å². The zero-order chi connectivity index (χ0) is 15.4. The van der Waals surface area contributed by atoms with E-state index < -0.39 is 6.04 Å². The Morgan fingerprint density at radius 1 is 0.909 bits per heavy atom. The summed E-state index contributed by atoms with van der Waals surface area (Å²) in [4.78, 5) is 12.6. The van der Waals surface area contributed by atoms with Gasteiger partial charge < -0.3 is 10.4 Å². The first kappa shape index (κ1) is 14.3. The lowest BCUT2D eigenvalue weighted by Gasteiger charge is -2.17. The Kier molecular flexibility index (Phi) is 4.17. The largest absolute Gasteiger partial charge is 0.394 e. The molecule has 0 heterocycles. The van der Waals surface area contributed by atoms with Crippen molar-refractivity contribution < 1.29 is 9.90 Å². The minimum Gasteiger partial charge on any atom is -0.394 e. The number of amides is 1. The Morgan fingerprint density at radius 2 is 1.59 bits per heavy atom. The number of nitrogens with one attached hydrogen (secondary N) is 1. The van der Waals surface area contributed by atoms with Crippen molar-refractivity contribution >= 4 is 16.7 Å². The lowest BCUT2D eigenvalue weighted by molar-refractivity contribution is 0.0918. The maximum absolute atomic E-state index is 12.6. The second-order valence-electron chi connectivity index (χ2n) is 5.15. The maximum Gasteiger partial charge on any atom is 0.252 e. The van der Waals surface area contributed by atoms with Gasteiger partial charge in [0, 0.05) is 5.56 Å². The number of carbonyl (C=O) groups excluding carboxylic acids is 1. The molecule has 110 valence electrons. The van der Waals surface area contributed by atoms with E-state index in [0.29, 0.717) is 5.56 Å². The first-order chi connectivity index (χ1) is 10.8. The van der Waals surface area contributed by atoms with Gasteiger partial charge in [0.25, 0.3) is 5.91 Å². The summed E-state index contributed by atoms with van der Waals surface area (Å²) in [5.41, 5.74) is 1.51. The number of aliphatic hydroxyl groups excluding tert-OH is 1. The highest BCUT2D eigenvalue weighted by molar-refractivity contribution is 6.07. The highest BCUT2D eigenvalue weighted by Crippen LogP contribution is 2.20. The van der Waals surface area contributed by atoms with Gasteiger partial charge in [0.15, 0.2) is 0 Å². The molecule has 0 spiro atoms. The van der Waals surface area contributed by atoms with E-state index in [1.54, 1.807) is 6.07 Å². The number of fused-ring (bicyclic) bond motifs is 1. The van der Waals surface area contributed by atoms with Crippen LogP contribution in [0.5, 0.6) is 0 Å². The van der Waals surface area contributed by atoms with Gasteiger partial charge in [-0.2, -0.15) is 0 Å². The summed E-state index contributed by atoms with van der Waals surface area (Å²) in [6, 6.07) is 22.5. The van der Waals surface area contributed by atoms with Crippen molar-refractivity contribution in [1.82, 2.24) is 5.32 Å². The number of carbonyl (C=O) groups is 1. The minimum absolute atomic E-state index is 0.138. The van der Waals surface area contributed by atoms with Gasteiger partial charge in [0.1, 0.15) is 0 Å². The maximum atomic E-state index is 12.6. The van der Waals surface area contributed by atoms with E-state index in [-0.39, 0.29) is 12.5 Å². The van der Waals surface area contributed by atoms with Crippen LogP contribution in [0, 0.1) is 0 Å². The molecule has 1 atom stereocenters. The van der Waals surface area contributed by atoms with Gasteiger partial charge in [0.05, 0.1) is 12.6 Å². The molecule has 2 N–H and O–H groups in total. The standard InChI is InChI=1S/C19H17NO2/c21-13-18(15-8-2-1-3-9-15)20-19(22)17-12-6-10-14-7-4-5-11-16(14)17/h1-12,18,21H,13H2,(H,20,22)/t18-/m0/s1. The van der Waals surface area contributed by atoms with Crippen LogP contribution < -0.4 is 5.32 Å². The van der Waals surface area contributed by atoms with Crippen LogP contribution in [-0.2, 0) is 0 Å². The molecule has 0 radical (unpaired) electrons. The van der Waals surface area contributed by atoms with Gasteiger partial charge in [-0.05, 0) is 22.4 Å². The molecule has 0 aliphatic carbocycles. The molecule has 0 bridgehead atoms. The number of hydrogen-bond acceptors (Lipinski definition) is 2. The SMILES string of the molecule is O=C(N[C@@H](CO)c1ccccc1)c1cccc2ccccc12. The fraction of sp³-hybridized carbons (Fsp3) is 0.105. The summed E-state index contributed by atoms with van der Waals surface area (Å²) in [6.45, 7) is -0.138. The third kappa shape index (κ3) is 2.85. The predicted octanol–water partition coefficient (Wildman–Crippen LogP) is 3.30. The molecule has 0 aliphatic heterocycles. The summed E-state index contributed by atoms with van der Waals surface area (Å²) >= 11 is 0. The van der Waals surface area contributed by atoms with E-state index >= 15 is 0 Å². The summed E-state index contributed by atoms with van der Waals surface area (Å²) in [7, 11) is 0. The molecule has 0 aromatic heterocycles. The molecule has 3 heteroatoms. The molecule has 0 saturated heterocycles. The van der Waals surface area contributed by atoms with Crippen LogP contribution in [0.3, 0.4) is 0 Å². The molecule has 3 aromatic rings. The molecular weight excluding hydrogens is 274 g/mol. The molecular formula is C19H17NO2. The fourth-order valence-electron chi connectivity index (χ4n) is 2.58. The average Bonchev–Trinajstić information content (AvgIpc) is 2.59. The molecule has 3 rings (SSSR count). The summed E-state index contributed by atoms with van der Waals surface area (Å²) in [5.74, 6) is -0.181. The van der Waals surface area contributed by atoms with Crippen molar-refractivity contribution in [3.63, 3.8) is 0 Å². The Morgan fingerprint density at radius 3 is 2.36 bits per heavy atom. The predicted molar refractivity (Wildman–Crippen MR) is 87.7 cm³/mol. The molecule has 0 unspecified atom stereocenters. The van der Waals surface area contributed by atoms with Crippen LogP contribution in [0.1, 0.15) is 22.0 Å². The number of aliphatic hydroxyl groups is 1. The van der Waals surface area contributed by atoms with Crippen molar-refractivity contribution in [3.8, 4) is 0 Å². The van der Waals surface area contributed by atoms with Gasteiger partial charge in [-0.25, -0.2) is 0 Å². The highest BCUT2D eigenvalue weighted by atomic mass is 16.3. The summed E-state index contributed by atoms with van der Waals surface area (Å²) in [6.07, 6.45) is 0. The Bertz CT molecular complexity index is 778. The third-order valence-electron chi connectivity index (χ3n) is 3.72. The Balaban J connectivity index is 1.90. The fourth-order valence-corrected chi connectivity index (χ4v) is 2.58. The number of rotatable bonds is 4. The molecule has 0 aliphatic rings. The van der Waals surface area contributed by atoms with Crippen LogP contribution in [0.15, 0.2) is 72.8 Å². The van der Waals surface area contributed by atoms with E-state index in [1.165, 1.54) is 0 Å². The van der Waals surface area contributed by atoms with Gasteiger partial charge >= 0.3 is 0 Å². The lowest BCUT2D eigenvalue weighted by Crippen LogP contribution is -2.30.